The smallest absolute Gasteiger partial charge is 0.267 e. The molecule has 7 heteroatoms. The lowest BCUT2D eigenvalue weighted by Crippen LogP contribution is -2.52. The summed E-state index contributed by atoms with van der Waals surface area (Å²) in [4.78, 5) is 14.1. The molecular weight excluding hydrogens is 306 g/mol. The van der Waals surface area contributed by atoms with Crippen molar-refractivity contribution in [3.8, 4) is 11.5 Å². The molecule has 2 aliphatic rings. The monoisotopic (exact) mass is 325 g/mol. The maximum absolute atomic E-state index is 12.6. The second-order valence-corrected chi connectivity index (χ2v) is 8.04. The van der Waals surface area contributed by atoms with Crippen LogP contribution < -0.4 is 9.47 Å². The molecule has 1 fully saturated rings. The maximum Gasteiger partial charge on any atom is 0.267 e. The van der Waals surface area contributed by atoms with Gasteiger partial charge in [0.15, 0.2) is 21.3 Å². The fourth-order valence-corrected chi connectivity index (χ4v) is 4.63. The van der Waals surface area contributed by atoms with E-state index in [4.69, 9.17) is 9.47 Å². The van der Waals surface area contributed by atoms with Crippen molar-refractivity contribution in [1.29, 1.82) is 0 Å². The Morgan fingerprint density at radius 2 is 1.86 bits per heavy atom. The molecule has 1 saturated heterocycles. The zero-order chi connectivity index (χ0) is 15.9. The zero-order valence-electron chi connectivity index (χ0n) is 12.6. The first-order chi connectivity index (χ1) is 10.4. The lowest BCUT2D eigenvalue weighted by atomic mass is 10.1. The Labute approximate surface area is 129 Å². The summed E-state index contributed by atoms with van der Waals surface area (Å²) in [7, 11) is -1.40. The Morgan fingerprint density at radius 1 is 1.23 bits per heavy atom. The van der Waals surface area contributed by atoms with Crippen LogP contribution in [0.5, 0.6) is 11.5 Å². The van der Waals surface area contributed by atoms with Gasteiger partial charge in [-0.25, -0.2) is 8.42 Å². The van der Waals surface area contributed by atoms with Crippen molar-refractivity contribution in [2.45, 2.75) is 31.6 Å². The Bertz CT molecular complexity index is 687. The normalized spacial score (nSPS) is 29.1. The fourth-order valence-electron chi connectivity index (χ4n) is 2.85. The van der Waals surface area contributed by atoms with Crippen LogP contribution in [0.1, 0.15) is 13.3 Å². The number of hydrogen-bond donors (Lipinski definition) is 0. The van der Waals surface area contributed by atoms with Crippen LogP contribution >= 0.6 is 0 Å². The second kappa shape index (κ2) is 5.46. The number of rotatable bonds is 2. The average molecular weight is 325 g/mol. The largest absolute Gasteiger partial charge is 0.482 e. The molecule has 0 radical (unpaired) electrons. The second-order valence-electron chi connectivity index (χ2n) is 5.81. The lowest BCUT2D eigenvalue weighted by molar-refractivity contribution is -0.144. The molecule has 1 aromatic rings. The van der Waals surface area contributed by atoms with Crippen molar-refractivity contribution in [2.75, 3.05) is 18.6 Å². The predicted octanol–water partition coefficient (Wildman–Crippen LogP) is 0.860. The topological polar surface area (TPSA) is 72.9 Å². The summed E-state index contributed by atoms with van der Waals surface area (Å²) < 4.78 is 34.7. The number of amides is 1. The Kier molecular flexibility index (Phi) is 3.76. The SMILES string of the molecule is C[C@@H]1Oc2ccccc2O[C@H]1C(=O)N(C)[C@@H]1CCS(=O)(=O)C1. The van der Waals surface area contributed by atoms with Crippen LogP contribution in [0.15, 0.2) is 24.3 Å². The van der Waals surface area contributed by atoms with Gasteiger partial charge in [-0.05, 0) is 25.5 Å². The molecule has 2 aliphatic heterocycles. The highest BCUT2D eigenvalue weighted by molar-refractivity contribution is 7.91. The van der Waals surface area contributed by atoms with Crippen LogP contribution in [0.2, 0.25) is 0 Å². The molecule has 0 aromatic heterocycles. The van der Waals surface area contributed by atoms with Crippen LogP contribution in [-0.2, 0) is 14.6 Å². The molecule has 3 atom stereocenters. The number of nitrogens with zero attached hydrogens (tertiary/aromatic N) is 1. The molecule has 6 nitrogen and oxygen atoms in total. The first-order valence-electron chi connectivity index (χ1n) is 7.27. The molecular formula is C15H19NO5S. The lowest BCUT2D eigenvalue weighted by Gasteiger charge is -2.34. The molecule has 2 heterocycles. The number of likely N-dealkylation sites (N-methyl/N-ethyl adjacent to an activating group) is 1. The first-order valence-corrected chi connectivity index (χ1v) is 9.09. The molecule has 0 saturated carbocycles. The fraction of sp³-hybridized carbons (Fsp3) is 0.533. The van der Waals surface area contributed by atoms with Crippen LogP contribution in [0.25, 0.3) is 0 Å². The molecule has 0 unspecified atom stereocenters. The van der Waals surface area contributed by atoms with E-state index < -0.39 is 22.0 Å². The van der Waals surface area contributed by atoms with Crippen LogP contribution in [0.3, 0.4) is 0 Å². The number of carbonyl (C=O) groups is 1. The summed E-state index contributed by atoms with van der Waals surface area (Å²) in [6.45, 7) is 1.78. The predicted molar refractivity (Wildman–Crippen MR) is 80.8 cm³/mol. The molecule has 0 bridgehead atoms. The Balaban J connectivity index is 1.75. The maximum atomic E-state index is 12.6. The highest BCUT2D eigenvalue weighted by Gasteiger charge is 2.40. The van der Waals surface area contributed by atoms with Crippen molar-refractivity contribution in [3.63, 3.8) is 0 Å². The van der Waals surface area contributed by atoms with E-state index in [1.165, 1.54) is 4.90 Å². The van der Waals surface area contributed by atoms with E-state index in [1.807, 2.05) is 12.1 Å². The molecule has 0 spiro atoms. The summed E-state index contributed by atoms with van der Waals surface area (Å²) in [5, 5.41) is 0. The number of fused-ring (bicyclic) bond motifs is 1. The van der Waals surface area contributed by atoms with Crippen molar-refractivity contribution < 1.29 is 22.7 Å². The highest BCUT2D eigenvalue weighted by Crippen LogP contribution is 2.34. The molecule has 0 N–H and O–H groups in total. The van der Waals surface area contributed by atoms with Gasteiger partial charge < -0.3 is 14.4 Å². The van der Waals surface area contributed by atoms with Crippen molar-refractivity contribution in [1.82, 2.24) is 4.90 Å². The van der Waals surface area contributed by atoms with Crippen LogP contribution in [0, 0.1) is 0 Å². The summed E-state index contributed by atoms with van der Waals surface area (Å²) >= 11 is 0. The minimum absolute atomic E-state index is 0.0216. The van der Waals surface area contributed by atoms with E-state index in [1.54, 1.807) is 26.1 Å². The first kappa shape index (κ1) is 15.1. The number of sulfone groups is 1. The van der Waals surface area contributed by atoms with Gasteiger partial charge in [0.05, 0.1) is 11.5 Å². The molecule has 1 amide bonds. The summed E-state index contributed by atoms with van der Waals surface area (Å²) in [6.07, 6.45) is -0.714. The zero-order valence-corrected chi connectivity index (χ0v) is 13.4. The molecule has 0 aliphatic carbocycles. The molecule has 22 heavy (non-hydrogen) atoms. The number of ether oxygens (including phenoxy) is 2. The van der Waals surface area contributed by atoms with Gasteiger partial charge >= 0.3 is 0 Å². The molecule has 3 rings (SSSR count). The standard InChI is InChI=1S/C15H19NO5S/c1-10-14(21-13-6-4-3-5-12(13)20-10)15(17)16(2)11-7-8-22(18,19)9-11/h3-6,10-11,14H,7-9H2,1-2H3/t10-,11+,14+/m0/s1. The van der Waals surface area contributed by atoms with E-state index in [0.717, 1.165) is 0 Å². The number of para-hydroxylation sites is 2. The Morgan fingerprint density at radius 3 is 2.45 bits per heavy atom. The van der Waals surface area contributed by atoms with E-state index in [9.17, 15) is 13.2 Å². The third-order valence-electron chi connectivity index (χ3n) is 4.19. The van der Waals surface area contributed by atoms with Gasteiger partial charge in [-0.1, -0.05) is 12.1 Å². The van der Waals surface area contributed by atoms with Gasteiger partial charge in [0.25, 0.3) is 5.91 Å². The van der Waals surface area contributed by atoms with Gasteiger partial charge in [0, 0.05) is 13.1 Å². The summed E-state index contributed by atoms with van der Waals surface area (Å²) in [5.41, 5.74) is 0. The van der Waals surface area contributed by atoms with E-state index in [2.05, 4.69) is 0 Å². The third kappa shape index (κ3) is 2.77. The quantitative estimate of drug-likeness (QED) is 0.806. The minimum atomic E-state index is -3.03. The van der Waals surface area contributed by atoms with Crippen LogP contribution in [0.4, 0.5) is 0 Å². The van der Waals surface area contributed by atoms with Gasteiger partial charge in [-0.15, -0.1) is 0 Å². The Hall–Kier alpha value is -1.76. The molecule has 1 aromatic carbocycles. The van der Waals surface area contributed by atoms with Crippen molar-refractivity contribution in [3.05, 3.63) is 24.3 Å². The van der Waals surface area contributed by atoms with Gasteiger partial charge in [0.2, 0.25) is 6.10 Å². The van der Waals surface area contributed by atoms with E-state index >= 15 is 0 Å². The highest BCUT2D eigenvalue weighted by atomic mass is 32.2. The number of benzene rings is 1. The minimum Gasteiger partial charge on any atom is -0.482 e. The average Bonchev–Trinajstić information content (AvgIpc) is 2.85. The van der Waals surface area contributed by atoms with Crippen LogP contribution in [-0.4, -0.2) is 56.0 Å². The van der Waals surface area contributed by atoms with Gasteiger partial charge in [-0.3, -0.25) is 4.79 Å². The van der Waals surface area contributed by atoms with Gasteiger partial charge in [0.1, 0.15) is 6.10 Å². The van der Waals surface area contributed by atoms with E-state index in [-0.39, 0.29) is 23.5 Å². The number of carbonyl (C=O) groups excluding carboxylic acids is 1. The van der Waals surface area contributed by atoms with Crippen molar-refractivity contribution in [2.24, 2.45) is 0 Å². The third-order valence-corrected chi connectivity index (χ3v) is 5.94. The summed E-state index contributed by atoms with van der Waals surface area (Å²) in [5.74, 6) is 1.06. The molecule has 120 valence electrons. The number of hydrogen-bond acceptors (Lipinski definition) is 5. The summed E-state index contributed by atoms with van der Waals surface area (Å²) in [6, 6.07) is 6.91. The van der Waals surface area contributed by atoms with Gasteiger partial charge in [-0.2, -0.15) is 0 Å². The van der Waals surface area contributed by atoms with Crippen molar-refractivity contribution >= 4 is 15.7 Å². The van der Waals surface area contributed by atoms with E-state index in [0.29, 0.717) is 17.9 Å².